The quantitative estimate of drug-likeness (QED) is 0.641. The number of aromatic nitrogens is 5. The third-order valence-electron chi connectivity index (χ3n) is 5.37. The number of pyridine rings is 1. The van der Waals surface area contributed by atoms with Crippen LogP contribution in [0.4, 0.5) is 0 Å². The van der Waals surface area contributed by atoms with Crippen LogP contribution < -0.4 is 5.56 Å². The van der Waals surface area contributed by atoms with E-state index in [0.717, 1.165) is 24.1 Å². The summed E-state index contributed by atoms with van der Waals surface area (Å²) in [6.07, 6.45) is 8.26. The van der Waals surface area contributed by atoms with Crippen molar-refractivity contribution in [2.24, 2.45) is 20.0 Å². The fourth-order valence-electron chi connectivity index (χ4n) is 3.81. The van der Waals surface area contributed by atoms with Crippen LogP contribution in [0.1, 0.15) is 12.8 Å². The van der Waals surface area contributed by atoms with Gasteiger partial charge in [-0.15, -0.1) is 0 Å². The van der Waals surface area contributed by atoms with Crippen LogP contribution >= 0.6 is 0 Å². The van der Waals surface area contributed by atoms with Crippen molar-refractivity contribution in [3.8, 4) is 11.3 Å². The Labute approximate surface area is 163 Å². The van der Waals surface area contributed by atoms with Crippen molar-refractivity contribution in [2.75, 3.05) is 19.3 Å². The number of aryl methyl sites for hydroxylation is 2. The molecule has 1 saturated heterocycles. The van der Waals surface area contributed by atoms with Gasteiger partial charge in [0.25, 0.3) is 5.56 Å². The van der Waals surface area contributed by atoms with Gasteiger partial charge in [-0.25, -0.2) is 12.7 Å². The molecule has 0 saturated carbocycles. The van der Waals surface area contributed by atoms with Gasteiger partial charge in [-0.2, -0.15) is 10.2 Å². The second kappa shape index (κ2) is 6.85. The van der Waals surface area contributed by atoms with E-state index in [4.69, 9.17) is 0 Å². The second-order valence-electron chi connectivity index (χ2n) is 7.55. The predicted molar refractivity (Wildman–Crippen MR) is 106 cm³/mol. The Bertz CT molecular complexity index is 1180. The number of nitrogens with zero attached hydrogens (tertiary/aromatic N) is 6. The predicted octanol–water partition coefficient (Wildman–Crippen LogP) is 0.807. The molecule has 0 radical (unpaired) electrons. The summed E-state index contributed by atoms with van der Waals surface area (Å²) in [6.45, 7) is 1.73. The third kappa shape index (κ3) is 3.49. The minimum absolute atomic E-state index is 0.0900. The van der Waals surface area contributed by atoms with Gasteiger partial charge in [-0.1, -0.05) is 0 Å². The summed E-state index contributed by atoms with van der Waals surface area (Å²) in [5.41, 5.74) is 2.15. The van der Waals surface area contributed by atoms with Crippen molar-refractivity contribution in [1.29, 1.82) is 0 Å². The molecule has 0 amide bonds. The number of hydrogen-bond acceptors (Lipinski definition) is 5. The summed E-state index contributed by atoms with van der Waals surface area (Å²) in [5, 5.41) is 9.70. The lowest BCUT2D eigenvalue weighted by atomic mass is 9.98. The maximum Gasteiger partial charge on any atom is 0.261 e. The highest BCUT2D eigenvalue weighted by Gasteiger charge is 2.25. The van der Waals surface area contributed by atoms with Gasteiger partial charge in [0.15, 0.2) is 0 Å². The normalized spacial score (nSPS) is 16.8. The zero-order chi connectivity index (χ0) is 20.1. The van der Waals surface area contributed by atoms with Crippen LogP contribution in [0.25, 0.3) is 22.2 Å². The van der Waals surface area contributed by atoms with Gasteiger partial charge < -0.3 is 4.57 Å². The topological polar surface area (TPSA) is 95.0 Å². The van der Waals surface area contributed by atoms with Crippen LogP contribution in [0.2, 0.25) is 0 Å². The standard InChI is InChI=1S/C18H24N6O3S/c1-21-11-14(16-6-7-22(2)19-16)17-15(18(21)25)12-23(20-17)10-13-4-8-24(9-5-13)28(3,26)27/h6-7,11-13H,4-5,8-10H2,1-3H3. The molecule has 0 aliphatic carbocycles. The Morgan fingerprint density at radius 3 is 2.46 bits per heavy atom. The van der Waals surface area contributed by atoms with E-state index in [9.17, 15) is 13.2 Å². The first-order valence-electron chi connectivity index (χ1n) is 9.24. The minimum atomic E-state index is -3.13. The number of piperidine rings is 1. The molecular formula is C18H24N6O3S. The van der Waals surface area contributed by atoms with Gasteiger partial charge in [-0.3, -0.25) is 14.2 Å². The van der Waals surface area contributed by atoms with Gasteiger partial charge in [0.05, 0.1) is 17.3 Å². The van der Waals surface area contributed by atoms with E-state index in [0.29, 0.717) is 36.5 Å². The van der Waals surface area contributed by atoms with Crippen molar-refractivity contribution in [3.05, 3.63) is 35.0 Å². The molecule has 0 atom stereocenters. The molecule has 3 aromatic rings. The van der Waals surface area contributed by atoms with Crippen LogP contribution in [0.15, 0.2) is 29.5 Å². The summed E-state index contributed by atoms with van der Waals surface area (Å²) in [7, 11) is 0.451. The molecular weight excluding hydrogens is 380 g/mol. The summed E-state index contributed by atoms with van der Waals surface area (Å²) in [6, 6.07) is 1.90. The lowest BCUT2D eigenvalue weighted by Gasteiger charge is -2.30. The third-order valence-corrected chi connectivity index (χ3v) is 6.67. The number of hydrogen-bond donors (Lipinski definition) is 0. The van der Waals surface area contributed by atoms with Crippen LogP contribution in [-0.4, -0.2) is 56.2 Å². The Morgan fingerprint density at radius 1 is 1.14 bits per heavy atom. The highest BCUT2D eigenvalue weighted by Crippen LogP contribution is 2.25. The molecule has 150 valence electrons. The monoisotopic (exact) mass is 404 g/mol. The average molecular weight is 404 g/mol. The van der Waals surface area contributed by atoms with Crippen LogP contribution in [0, 0.1) is 5.92 Å². The minimum Gasteiger partial charge on any atom is -0.317 e. The van der Waals surface area contributed by atoms with Gasteiger partial charge in [0, 0.05) is 57.9 Å². The zero-order valence-electron chi connectivity index (χ0n) is 16.2. The summed E-state index contributed by atoms with van der Waals surface area (Å²) in [5.74, 6) is 0.328. The van der Waals surface area contributed by atoms with Crippen LogP contribution in [0.5, 0.6) is 0 Å². The number of fused-ring (bicyclic) bond motifs is 1. The molecule has 4 heterocycles. The maximum absolute atomic E-state index is 12.6. The van der Waals surface area contributed by atoms with E-state index in [1.54, 1.807) is 28.7 Å². The first kappa shape index (κ1) is 18.9. The molecule has 1 fully saturated rings. The Hall–Kier alpha value is -2.46. The Kier molecular flexibility index (Phi) is 4.62. The first-order chi connectivity index (χ1) is 13.2. The fraction of sp³-hybridized carbons (Fsp3) is 0.500. The largest absolute Gasteiger partial charge is 0.317 e. The smallest absolute Gasteiger partial charge is 0.261 e. The zero-order valence-corrected chi connectivity index (χ0v) is 17.1. The summed E-state index contributed by atoms with van der Waals surface area (Å²) in [4.78, 5) is 12.6. The van der Waals surface area contributed by atoms with E-state index in [1.165, 1.54) is 10.6 Å². The first-order valence-corrected chi connectivity index (χ1v) is 11.1. The summed E-state index contributed by atoms with van der Waals surface area (Å²) >= 11 is 0. The fourth-order valence-corrected chi connectivity index (χ4v) is 4.68. The molecule has 0 spiro atoms. The number of rotatable bonds is 4. The molecule has 1 aliphatic heterocycles. The van der Waals surface area contributed by atoms with Crippen LogP contribution in [0.3, 0.4) is 0 Å². The molecule has 28 heavy (non-hydrogen) atoms. The Balaban J connectivity index is 1.63. The van der Waals surface area contributed by atoms with Gasteiger partial charge in [0.1, 0.15) is 5.52 Å². The molecule has 10 heteroatoms. The van der Waals surface area contributed by atoms with E-state index in [-0.39, 0.29) is 5.56 Å². The molecule has 0 bridgehead atoms. The van der Waals surface area contributed by atoms with Crippen molar-refractivity contribution in [1.82, 2.24) is 28.4 Å². The highest BCUT2D eigenvalue weighted by molar-refractivity contribution is 7.88. The molecule has 0 N–H and O–H groups in total. The highest BCUT2D eigenvalue weighted by atomic mass is 32.2. The number of sulfonamides is 1. The maximum atomic E-state index is 12.6. The van der Waals surface area contributed by atoms with Gasteiger partial charge in [0.2, 0.25) is 10.0 Å². The van der Waals surface area contributed by atoms with Crippen molar-refractivity contribution in [2.45, 2.75) is 19.4 Å². The van der Waals surface area contributed by atoms with Crippen molar-refractivity contribution < 1.29 is 8.42 Å². The molecule has 0 unspecified atom stereocenters. The van der Waals surface area contributed by atoms with E-state index < -0.39 is 10.0 Å². The van der Waals surface area contributed by atoms with Crippen LogP contribution in [-0.2, 0) is 30.7 Å². The van der Waals surface area contributed by atoms with Gasteiger partial charge >= 0.3 is 0 Å². The van der Waals surface area contributed by atoms with Gasteiger partial charge in [-0.05, 0) is 24.8 Å². The van der Waals surface area contributed by atoms with E-state index in [1.807, 2.05) is 24.0 Å². The summed E-state index contributed by atoms with van der Waals surface area (Å²) < 4.78 is 30.0. The second-order valence-corrected chi connectivity index (χ2v) is 9.53. The average Bonchev–Trinajstić information content (AvgIpc) is 3.24. The van der Waals surface area contributed by atoms with E-state index in [2.05, 4.69) is 10.2 Å². The van der Waals surface area contributed by atoms with Crippen molar-refractivity contribution in [3.63, 3.8) is 0 Å². The lowest BCUT2D eigenvalue weighted by Crippen LogP contribution is -2.38. The Morgan fingerprint density at radius 2 is 1.86 bits per heavy atom. The molecule has 4 rings (SSSR count). The molecule has 9 nitrogen and oxygen atoms in total. The lowest BCUT2D eigenvalue weighted by molar-refractivity contribution is 0.248. The van der Waals surface area contributed by atoms with E-state index >= 15 is 0 Å². The molecule has 0 aromatic carbocycles. The van der Waals surface area contributed by atoms with Crippen molar-refractivity contribution >= 4 is 20.9 Å². The molecule has 1 aliphatic rings. The SMILES string of the molecule is Cn1ccc(-c2cn(C)c(=O)c3cn(CC4CCN(S(C)(=O)=O)CC4)nc23)n1. The molecule has 3 aromatic heterocycles.